The third-order valence-corrected chi connectivity index (χ3v) is 5.74. The van der Waals surface area contributed by atoms with Crippen molar-refractivity contribution < 1.29 is 27.8 Å². The van der Waals surface area contributed by atoms with Gasteiger partial charge in [-0.3, -0.25) is 0 Å². The first kappa shape index (κ1) is 21.6. The van der Waals surface area contributed by atoms with E-state index in [2.05, 4.69) is 10.2 Å². The minimum atomic E-state index is -4.50. The molecule has 9 heteroatoms. The molecule has 0 bridgehead atoms. The lowest BCUT2D eigenvalue weighted by Gasteiger charge is -2.41. The average Bonchev–Trinajstić information content (AvgIpc) is 2.99. The van der Waals surface area contributed by atoms with Crippen LogP contribution in [0.4, 0.5) is 13.2 Å². The zero-order chi connectivity index (χ0) is 22.6. The summed E-state index contributed by atoms with van der Waals surface area (Å²) in [6.07, 6.45) is -1.26. The summed E-state index contributed by atoms with van der Waals surface area (Å²) in [6.45, 7) is 5.15. The van der Waals surface area contributed by atoms with Crippen LogP contribution in [0.25, 0.3) is 22.3 Å². The first-order valence-electron chi connectivity index (χ1n) is 9.91. The van der Waals surface area contributed by atoms with Crippen molar-refractivity contribution in [1.29, 1.82) is 0 Å². The Morgan fingerprint density at radius 1 is 1.16 bits per heavy atom. The van der Waals surface area contributed by atoms with Crippen LogP contribution in [0.15, 0.2) is 24.4 Å². The number of hydrogen-bond donors (Lipinski definition) is 1. The van der Waals surface area contributed by atoms with Crippen LogP contribution >= 0.6 is 0 Å². The van der Waals surface area contributed by atoms with Gasteiger partial charge in [-0.15, -0.1) is 10.2 Å². The van der Waals surface area contributed by atoms with Gasteiger partial charge in [-0.1, -0.05) is 0 Å². The Kier molecular flexibility index (Phi) is 5.21. The molecule has 4 rings (SSSR count). The lowest BCUT2D eigenvalue weighted by molar-refractivity contribution is -0.137. The molecule has 1 fully saturated rings. The zero-order valence-corrected chi connectivity index (χ0v) is 17.7. The Balaban J connectivity index is 1.80. The van der Waals surface area contributed by atoms with Crippen LogP contribution in [-0.4, -0.2) is 39.4 Å². The van der Waals surface area contributed by atoms with Crippen molar-refractivity contribution in [1.82, 2.24) is 14.8 Å². The van der Waals surface area contributed by atoms with Gasteiger partial charge in [0.2, 0.25) is 0 Å². The molecule has 0 amide bonds. The number of aryl methyl sites for hydroxylation is 2. The molecule has 1 aromatic carbocycles. The van der Waals surface area contributed by atoms with Crippen LogP contribution < -0.4 is 4.74 Å². The van der Waals surface area contributed by atoms with Crippen molar-refractivity contribution >= 4 is 11.0 Å². The quantitative estimate of drug-likeness (QED) is 0.583. The highest BCUT2D eigenvalue weighted by molar-refractivity contribution is 5.85. The van der Waals surface area contributed by atoms with E-state index in [4.69, 9.17) is 9.47 Å². The predicted octanol–water partition coefficient (Wildman–Crippen LogP) is 4.80. The summed E-state index contributed by atoms with van der Waals surface area (Å²) < 4.78 is 52.3. The average molecular weight is 435 g/mol. The molecule has 0 aliphatic heterocycles. The van der Waals surface area contributed by atoms with Crippen molar-refractivity contribution in [3.05, 3.63) is 41.1 Å². The van der Waals surface area contributed by atoms with Crippen LogP contribution in [0.3, 0.4) is 0 Å². The minimum absolute atomic E-state index is 0.0370. The van der Waals surface area contributed by atoms with E-state index in [1.807, 2.05) is 23.8 Å². The molecular formula is C22H24F3N3O3. The van der Waals surface area contributed by atoms with Gasteiger partial charge in [-0.25, -0.2) is 0 Å². The van der Waals surface area contributed by atoms with Gasteiger partial charge in [-0.2, -0.15) is 13.2 Å². The second-order valence-electron chi connectivity index (χ2n) is 8.46. The molecule has 3 aromatic rings. The largest absolute Gasteiger partial charge is 0.467 e. The second-order valence-corrected chi connectivity index (χ2v) is 8.46. The predicted molar refractivity (Wildman–Crippen MR) is 109 cm³/mol. The van der Waals surface area contributed by atoms with Gasteiger partial charge in [0.25, 0.3) is 0 Å². The highest BCUT2D eigenvalue weighted by Crippen LogP contribution is 2.44. The monoisotopic (exact) mass is 435 g/mol. The van der Waals surface area contributed by atoms with Crippen LogP contribution in [0, 0.1) is 13.8 Å². The lowest BCUT2D eigenvalue weighted by atomic mass is 9.77. The molecule has 0 atom stereocenters. The molecule has 6 nitrogen and oxygen atoms in total. The summed E-state index contributed by atoms with van der Waals surface area (Å²) in [7, 11) is 1.40. The Bertz CT molecular complexity index is 1130. The first-order valence-corrected chi connectivity index (χ1v) is 9.91. The molecule has 1 saturated carbocycles. The van der Waals surface area contributed by atoms with Crippen molar-refractivity contribution in [3.8, 4) is 17.0 Å². The molecule has 0 saturated heterocycles. The third-order valence-electron chi connectivity index (χ3n) is 5.74. The van der Waals surface area contributed by atoms with E-state index in [9.17, 15) is 18.3 Å². The van der Waals surface area contributed by atoms with E-state index in [1.54, 1.807) is 13.8 Å². The number of methoxy groups -OCH3 is 1. The van der Waals surface area contributed by atoms with Crippen LogP contribution in [0.1, 0.15) is 42.5 Å². The van der Waals surface area contributed by atoms with Gasteiger partial charge in [-0.05, 0) is 62.9 Å². The summed E-state index contributed by atoms with van der Waals surface area (Å²) in [4.78, 5) is 0. The maximum absolute atomic E-state index is 13.3. The molecule has 0 unspecified atom stereocenters. The number of fused-ring (bicyclic) bond motifs is 1. The summed E-state index contributed by atoms with van der Waals surface area (Å²) >= 11 is 0. The maximum Gasteiger partial charge on any atom is 0.416 e. The van der Waals surface area contributed by atoms with Gasteiger partial charge >= 0.3 is 6.18 Å². The zero-order valence-electron chi connectivity index (χ0n) is 17.7. The molecule has 1 aliphatic carbocycles. The molecule has 0 radical (unpaired) electrons. The van der Waals surface area contributed by atoms with Crippen molar-refractivity contribution in [3.63, 3.8) is 0 Å². The SMILES string of the molecule is COCOc1cc(C(F)(F)F)cc(C)c1-c1cc2c(C)cn(C3CC(C)(O)C3)c2nn1. The third kappa shape index (κ3) is 3.99. The smallest absolute Gasteiger partial charge is 0.416 e. The van der Waals surface area contributed by atoms with Gasteiger partial charge in [0.1, 0.15) is 5.75 Å². The molecule has 0 spiro atoms. The Morgan fingerprint density at radius 3 is 2.48 bits per heavy atom. The molecule has 2 heterocycles. The number of aromatic nitrogens is 3. The standard InChI is InChI=1S/C22H24F3N3O3/c1-12-5-14(22(23,24)25)6-18(31-11-30-4)19(12)17-7-16-13(2)10-28(20(16)27-26-17)15-8-21(3,29)9-15/h5-7,10,15,29H,8-9,11H2,1-4H3. The van der Waals surface area contributed by atoms with Gasteiger partial charge in [0.15, 0.2) is 12.4 Å². The minimum Gasteiger partial charge on any atom is -0.467 e. The Morgan fingerprint density at radius 2 is 1.87 bits per heavy atom. The summed E-state index contributed by atoms with van der Waals surface area (Å²) in [5, 5.41) is 19.6. The van der Waals surface area contributed by atoms with Crippen LogP contribution in [0.5, 0.6) is 5.75 Å². The number of aliphatic hydroxyl groups is 1. The van der Waals surface area contributed by atoms with Gasteiger partial charge < -0.3 is 19.1 Å². The number of ether oxygens (including phenoxy) is 2. The molecular weight excluding hydrogens is 411 g/mol. The normalized spacial score (nSPS) is 21.4. The number of nitrogens with zero attached hydrogens (tertiary/aromatic N) is 3. The Labute approximate surface area is 177 Å². The molecule has 1 aliphatic rings. The first-order chi connectivity index (χ1) is 14.5. The number of halogens is 3. The van der Waals surface area contributed by atoms with Crippen LogP contribution in [-0.2, 0) is 10.9 Å². The topological polar surface area (TPSA) is 69.4 Å². The fourth-order valence-electron chi connectivity index (χ4n) is 4.24. The van der Waals surface area contributed by atoms with Gasteiger partial charge in [0, 0.05) is 30.3 Å². The summed E-state index contributed by atoms with van der Waals surface area (Å²) in [5.74, 6) is 0.0370. The van der Waals surface area contributed by atoms with Crippen molar-refractivity contribution in [2.45, 2.75) is 51.4 Å². The highest BCUT2D eigenvalue weighted by Gasteiger charge is 2.40. The van der Waals surface area contributed by atoms with Crippen LogP contribution in [0.2, 0.25) is 0 Å². The molecule has 2 aromatic heterocycles. The van der Waals surface area contributed by atoms with E-state index in [1.165, 1.54) is 7.11 Å². The van der Waals surface area contributed by atoms with E-state index < -0.39 is 17.3 Å². The molecule has 1 N–H and O–H groups in total. The number of rotatable bonds is 5. The number of benzene rings is 1. The van der Waals surface area contributed by atoms with E-state index in [0.717, 1.165) is 23.1 Å². The van der Waals surface area contributed by atoms with Crippen molar-refractivity contribution in [2.75, 3.05) is 13.9 Å². The number of hydrogen-bond acceptors (Lipinski definition) is 5. The van der Waals surface area contributed by atoms with E-state index >= 15 is 0 Å². The fourth-order valence-corrected chi connectivity index (χ4v) is 4.24. The highest BCUT2D eigenvalue weighted by atomic mass is 19.4. The molecule has 166 valence electrons. The fraction of sp³-hybridized carbons (Fsp3) is 0.455. The van der Waals surface area contributed by atoms with Gasteiger partial charge in [0.05, 0.1) is 16.9 Å². The summed E-state index contributed by atoms with van der Waals surface area (Å²) in [6, 6.07) is 4.00. The van der Waals surface area contributed by atoms with Crippen molar-refractivity contribution in [2.24, 2.45) is 0 Å². The lowest BCUT2D eigenvalue weighted by Crippen LogP contribution is -2.41. The molecule has 31 heavy (non-hydrogen) atoms. The van der Waals surface area contributed by atoms with E-state index in [-0.39, 0.29) is 18.6 Å². The van der Waals surface area contributed by atoms with E-state index in [0.29, 0.717) is 35.3 Å². The maximum atomic E-state index is 13.3. The Hall–Kier alpha value is -2.65. The second kappa shape index (κ2) is 7.49. The summed E-state index contributed by atoms with van der Waals surface area (Å²) in [5.41, 5.74) is 1.43. The number of alkyl halides is 3.